The third kappa shape index (κ3) is 1.80. The van der Waals surface area contributed by atoms with Gasteiger partial charge in [-0.3, -0.25) is 4.79 Å². The fourth-order valence-electron chi connectivity index (χ4n) is 3.29. The van der Waals surface area contributed by atoms with Crippen LogP contribution >= 0.6 is 0 Å². The molecule has 4 nitrogen and oxygen atoms in total. The lowest BCUT2D eigenvalue weighted by atomic mass is 10.1. The number of amides is 1. The number of carboxylic acid groups (broad SMARTS) is 1. The van der Waals surface area contributed by atoms with Gasteiger partial charge in [0, 0.05) is 13.1 Å². The molecule has 2 aliphatic rings. The maximum absolute atomic E-state index is 13.9. The predicted molar refractivity (Wildman–Crippen MR) is 70.0 cm³/mol. The predicted octanol–water partition coefficient (Wildman–Crippen LogP) is 2.25. The molecule has 1 aliphatic carbocycles. The summed E-state index contributed by atoms with van der Waals surface area (Å²) in [7, 11) is 0. The Morgan fingerprint density at radius 1 is 1.30 bits per heavy atom. The Labute approximate surface area is 116 Å². The standard InChI is InChI=1S/C15H16FNO3/c1-15(2)10-6-17(7-11(10)15)13(18)9-4-3-8(14(19)20)5-12(9)16/h3-5,10-11H,6-7H2,1-2H3,(H,19,20). The Hall–Kier alpha value is -1.91. The van der Waals surface area contributed by atoms with Crippen LogP contribution in [0.2, 0.25) is 0 Å². The summed E-state index contributed by atoms with van der Waals surface area (Å²) in [6.07, 6.45) is 0. The summed E-state index contributed by atoms with van der Waals surface area (Å²) in [5.41, 5.74) is 0.0984. The number of aromatic carboxylic acids is 1. The van der Waals surface area contributed by atoms with Gasteiger partial charge >= 0.3 is 5.97 Å². The van der Waals surface area contributed by atoms with Crippen molar-refractivity contribution in [2.24, 2.45) is 17.3 Å². The molecule has 3 rings (SSSR count). The Bertz CT molecular complexity index is 597. The minimum atomic E-state index is -1.20. The highest BCUT2D eigenvalue weighted by Crippen LogP contribution is 2.62. The lowest BCUT2D eigenvalue weighted by Crippen LogP contribution is -2.33. The van der Waals surface area contributed by atoms with Gasteiger partial charge in [-0.05, 0) is 35.4 Å². The topological polar surface area (TPSA) is 57.6 Å². The number of likely N-dealkylation sites (tertiary alicyclic amines) is 1. The number of piperidine rings is 1. The van der Waals surface area contributed by atoms with E-state index in [0.29, 0.717) is 30.3 Å². The third-order valence-electron chi connectivity index (χ3n) is 4.86. The molecule has 0 bridgehead atoms. The highest BCUT2D eigenvalue weighted by Gasteiger charge is 2.62. The quantitative estimate of drug-likeness (QED) is 0.902. The van der Waals surface area contributed by atoms with Crippen LogP contribution < -0.4 is 0 Å². The summed E-state index contributed by atoms with van der Waals surface area (Å²) in [4.78, 5) is 24.7. The monoisotopic (exact) mass is 277 g/mol. The molecule has 1 N–H and O–H groups in total. The van der Waals surface area contributed by atoms with E-state index in [4.69, 9.17) is 5.11 Å². The van der Waals surface area contributed by atoms with Crippen LogP contribution in [0.3, 0.4) is 0 Å². The van der Waals surface area contributed by atoms with Gasteiger partial charge < -0.3 is 10.0 Å². The molecule has 20 heavy (non-hydrogen) atoms. The molecule has 1 saturated carbocycles. The molecule has 5 heteroatoms. The van der Waals surface area contributed by atoms with Gasteiger partial charge in [-0.1, -0.05) is 13.8 Å². The molecular weight excluding hydrogens is 261 g/mol. The zero-order valence-corrected chi connectivity index (χ0v) is 11.4. The first-order valence-electron chi connectivity index (χ1n) is 6.64. The summed E-state index contributed by atoms with van der Waals surface area (Å²) in [6, 6.07) is 3.42. The first-order chi connectivity index (χ1) is 9.32. The second-order valence-electron chi connectivity index (χ2n) is 6.24. The van der Waals surface area contributed by atoms with Gasteiger partial charge in [0.05, 0.1) is 11.1 Å². The van der Waals surface area contributed by atoms with E-state index in [0.717, 1.165) is 6.07 Å². The molecule has 1 saturated heterocycles. The largest absolute Gasteiger partial charge is 0.478 e. The fraction of sp³-hybridized carbons (Fsp3) is 0.467. The Kier molecular flexibility index (Phi) is 2.64. The molecule has 2 unspecified atom stereocenters. The average Bonchev–Trinajstić information content (AvgIpc) is 2.79. The number of halogens is 1. The zero-order chi connectivity index (χ0) is 14.7. The van der Waals surface area contributed by atoms with Crippen LogP contribution in [0.1, 0.15) is 34.6 Å². The highest BCUT2D eigenvalue weighted by molar-refractivity contribution is 5.96. The van der Waals surface area contributed by atoms with E-state index in [2.05, 4.69) is 13.8 Å². The number of hydrogen-bond acceptors (Lipinski definition) is 2. The second kappa shape index (κ2) is 4.04. The van der Waals surface area contributed by atoms with Gasteiger partial charge in [0.25, 0.3) is 5.91 Å². The van der Waals surface area contributed by atoms with E-state index < -0.39 is 11.8 Å². The molecule has 1 heterocycles. The molecular formula is C15H16FNO3. The minimum absolute atomic E-state index is 0.0471. The van der Waals surface area contributed by atoms with Gasteiger partial charge in [0.15, 0.2) is 0 Å². The molecule has 2 fully saturated rings. The van der Waals surface area contributed by atoms with Crippen LogP contribution in [-0.4, -0.2) is 35.0 Å². The molecule has 1 aromatic carbocycles. The smallest absolute Gasteiger partial charge is 0.335 e. The van der Waals surface area contributed by atoms with E-state index in [1.807, 2.05) is 0 Å². The lowest BCUT2D eigenvalue weighted by molar-refractivity contribution is 0.0692. The van der Waals surface area contributed by atoms with Crippen molar-refractivity contribution >= 4 is 11.9 Å². The Balaban J connectivity index is 1.77. The van der Waals surface area contributed by atoms with E-state index in [1.54, 1.807) is 4.90 Å². The maximum atomic E-state index is 13.9. The van der Waals surface area contributed by atoms with Gasteiger partial charge in [-0.2, -0.15) is 0 Å². The van der Waals surface area contributed by atoms with Gasteiger partial charge in [0.1, 0.15) is 5.82 Å². The number of fused-ring (bicyclic) bond motifs is 1. The number of nitrogens with zero attached hydrogens (tertiary/aromatic N) is 1. The van der Waals surface area contributed by atoms with E-state index in [1.165, 1.54) is 12.1 Å². The number of carbonyl (C=O) groups is 2. The molecule has 0 radical (unpaired) electrons. The SMILES string of the molecule is CC1(C)C2CN(C(=O)c3ccc(C(=O)O)cc3F)CC21. The van der Waals surface area contributed by atoms with Crippen molar-refractivity contribution in [3.8, 4) is 0 Å². The zero-order valence-electron chi connectivity index (χ0n) is 11.4. The van der Waals surface area contributed by atoms with Crippen molar-refractivity contribution in [1.29, 1.82) is 0 Å². The number of rotatable bonds is 2. The lowest BCUT2D eigenvalue weighted by Gasteiger charge is -2.22. The van der Waals surface area contributed by atoms with Crippen LogP contribution in [0, 0.1) is 23.1 Å². The van der Waals surface area contributed by atoms with Crippen LogP contribution in [-0.2, 0) is 0 Å². The number of benzene rings is 1. The van der Waals surface area contributed by atoms with E-state index >= 15 is 0 Å². The molecule has 1 amide bonds. The van der Waals surface area contributed by atoms with Crippen molar-refractivity contribution in [2.75, 3.05) is 13.1 Å². The molecule has 1 aliphatic heterocycles. The number of hydrogen-bond donors (Lipinski definition) is 1. The number of carboxylic acids is 1. The highest BCUT2D eigenvalue weighted by atomic mass is 19.1. The second-order valence-corrected chi connectivity index (χ2v) is 6.24. The van der Waals surface area contributed by atoms with E-state index in [-0.39, 0.29) is 17.0 Å². The number of carbonyl (C=O) groups excluding carboxylic acids is 1. The summed E-state index contributed by atoms with van der Waals surface area (Å²) < 4.78 is 13.9. The molecule has 0 spiro atoms. The van der Waals surface area contributed by atoms with Crippen LogP contribution in [0.15, 0.2) is 18.2 Å². The van der Waals surface area contributed by atoms with E-state index in [9.17, 15) is 14.0 Å². The van der Waals surface area contributed by atoms with Gasteiger partial charge in [-0.25, -0.2) is 9.18 Å². The first-order valence-corrected chi connectivity index (χ1v) is 6.64. The third-order valence-corrected chi connectivity index (χ3v) is 4.86. The minimum Gasteiger partial charge on any atom is -0.478 e. The molecule has 0 aromatic heterocycles. The molecule has 106 valence electrons. The van der Waals surface area contributed by atoms with Gasteiger partial charge in [0.2, 0.25) is 0 Å². The van der Waals surface area contributed by atoms with Crippen LogP contribution in [0.5, 0.6) is 0 Å². The van der Waals surface area contributed by atoms with Crippen molar-refractivity contribution in [2.45, 2.75) is 13.8 Å². The maximum Gasteiger partial charge on any atom is 0.335 e. The average molecular weight is 277 g/mol. The first kappa shape index (κ1) is 13.1. The summed E-state index contributed by atoms with van der Waals surface area (Å²) in [5.74, 6) is -1.30. The van der Waals surface area contributed by atoms with Crippen molar-refractivity contribution in [3.63, 3.8) is 0 Å². The van der Waals surface area contributed by atoms with Crippen molar-refractivity contribution < 1.29 is 19.1 Å². The Morgan fingerprint density at radius 2 is 1.90 bits per heavy atom. The van der Waals surface area contributed by atoms with Crippen LogP contribution in [0.4, 0.5) is 4.39 Å². The normalized spacial score (nSPS) is 26.2. The molecule has 1 aromatic rings. The van der Waals surface area contributed by atoms with Gasteiger partial charge in [-0.15, -0.1) is 0 Å². The van der Waals surface area contributed by atoms with Crippen molar-refractivity contribution in [1.82, 2.24) is 4.90 Å². The Morgan fingerprint density at radius 3 is 2.40 bits per heavy atom. The summed E-state index contributed by atoms with van der Waals surface area (Å²) >= 11 is 0. The fourth-order valence-corrected chi connectivity index (χ4v) is 3.29. The summed E-state index contributed by atoms with van der Waals surface area (Å²) in [5, 5.41) is 8.79. The van der Waals surface area contributed by atoms with Crippen LogP contribution in [0.25, 0.3) is 0 Å². The summed E-state index contributed by atoms with van der Waals surface area (Å²) in [6.45, 7) is 5.70. The molecule has 2 atom stereocenters. The van der Waals surface area contributed by atoms with Crippen molar-refractivity contribution in [3.05, 3.63) is 35.1 Å².